The van der Waals surface area contributed by atoms with Gasteiger partial charge in [-0.3, -0.25) is 9.69 Å². The Morgan fingerprint density at radius 1 is 1.43 bits per heavy atom. The molecule has 2 saturated heterocycles. The summed E-state index contributed by atoms with van der Waals surface area (Å²) in [4.78, 5) is 14.7. The first-order valence-corrected chi connectivity index (χ1v) is 8.60. The summed E-state index contributed by atoms with van der Waals surface area (Å²) in [6.07, 6.45) is 2.04. The topological polar surface area (TPSA) is 66.7 Å². The Labute approximate surface area is 137 Å². The van der Waals surface area contributed by atoms with Gasteiger partial charge in [0.2, 0.25) is 5.91 Å². The lowest BCUT2D eigenvalue weighted by Crippen LogP contribution is -2.46. The number of hydrogen-bond acceptors (Lipinski definition) is 5. The van der Waals surface area contributed by atoms with Crippen LogP contribution in [-0.2, 0) is 9.53 Å². The van der Waals surface area contributed by atoms with Gasteiger partial charge in [0.15, 0.2) is 0 Å². The molecule has 1 amide bonds. The van der Waals surface area contributed by atoms with Crippen LogP contribution in [0.3, 0.4) is 0 Å². The minimum atomic E-state index is 0.0769. The zero-order chi connectivity index (χ0) is 16.1. The van der Waals surface area contributed by atoms with Crippen molar-refractivity contribution in [3.63, 3.8) is 0 Å². The third kappa shape index (κ3) is 4.34. The molecule has 3 rings (SSSR count). The molecule has 2 aliphatic heterocycles. The fourth-order valence-corrected chi connectivity index (χ4v) is 3.35. The van der Waals surface area contributed by atoms with Crippen molar-refractivity contribution in [3.8, 4) is 0 Å². The monoisotopic (exact) mass is 321 g/mol. The standard InChI is InChI=1S/C17H27N3O3/c1-13-4-5-16(23-13)15(20-7-9-22-10-8-20)12-19-17(21)14-3-2-6-18-11-14/h4-5,14-15,18H,2-3,6-12H2,1H3,(H,19,21). The molecule has 6 heteroatoms. The van der Waals surface area contributed by atoms with E-state index in [0.29, 0.717) is 6.54 Å². The predicted octanol–water partition coefficient (Wildman–Crippen LogP) is 1.08. The Kier molecular flexibility index (Phi) is 5.70. The van der Waals surface area contributed by atoms with Crippen LogP contribution in [0.2, 0.25) is 0 Å². The minimum Gasteiger partial charge on any atom is -0.465 e. The number of carbonyl (C=O) groups is 1. The lowest BCUT2D eigenvalue weighted by molar-refractivity contribution is -0.125. The normalized spacial score (nSPS) is 24.3. The molecule has 2 aliphatic rings. The minimum absolute atomic E-state index is 0.0769. The molecule has 0 bridgehead atoms. The maximum Gasteiger partial charge on any atom is 0.224 e. The van der Waals surface area contributed by atoms with Crippen LogP contribution >= 0.6 is 0 Å². The van der Waals surface area contributed by atoms with Gasteiger partial charge in [-0.05, 0) is 38.4 Å². The Morgan fingerprint density at radius 2 is 2.26 bits per heavy atom. The summed E-state index contributed by atoms with van der Waals surface area (Å²) in [5, 5.41) is 6.43. The van der Waals surface area contributed by atoms with Gasteiger partial charge in [-0.25, -0.2) is 0 Å². The van der Waals surface area contributed by atoms with E-state index in [2.05, 4.69) is 15.5 Å². The van der Waals surface area contributed by atoms with Crippen molar-refractivity contribution in [3.05, 3.63) is 23.7 Å². The van der Waals surface area contributed by atoms with E-state index >= 15 is 0 Å². The summed E-state index contributed by atoms with van der Waals surface area (Å²) in [6, 6.07) is 4.08. The van der Waals surface area contributed by atoms with E-state index in [1.165, 1.54) is 0 Å². The molecule has 128 valence electrons. The number of furan rings is 1. The Balaban J connectivity index is 1.62. The number of nitrogens with zero attached hydrogens (tertiary/aromatic N) is 1. The van der Waals surface area contributed by atoms with Gasteiger partial charge in [0, 0.05) is 26.2 Å². The van der Waals surface area contributed by atoms with Gasteiger partial charge < -0.3 is 19.8 Å². The van der Waals surface area contributed by atoms with Crippen molar-refractivity contribution in [1.82, 2.24) is 15.5 Å². The first-order chi connectivity index (χ1) is 11.2. The summed E-state index contributed by atoms with van der Waals surface area (Å²) in [5.41, 5.74) is 0. The molecule has 2 fully saturated rings. The SMILES string of the molecule is Cc1ccc(C(CNC(=O)C2CCCNC2)N2CCOCC2)o1. The largest absolute Gasteiger partial charge is 0.465 e. The predicted molar refractivity (Wildman–Crippen MR) is 87.2 cm³/mol. The van der Waals surface area contributed by atoms with E-state index in [1.54, 1.807) is 0 Å². The molecule has 3 heterocycles. The van der Waals surface area contributed by atoms with Crippen molar-refractivity contribution < 1.29 is 13.9 Å². The molecular formula is C17H27N3O3. The molecule has 0 radical (unpaired) electrons. The van der Waals surface area contributed by atoms with Crippen LogP contribution in [0, 0.1) is 12.8 Å². The average molecular weight is 321 g/mol. The highest BCUT2D eigenvalue weighted by Gasteiger charge is 2.27. The number of rotatable bonds is 5. The molecule has 0 aromatic carbocycles. The van der Waals surface area contributed by atoms with Crippen molar-refractivity contribution in [2.24, 2.45) is 5.92 Å². The second kappa shape index (κ2) is 7.95. The summed E-state index contributed by atoms with van der Waals surface area (Å²) < 4.78 is 11.3. The van der Waals surface area contributed by atoms with Crippen LogP contribution in [0.4, 0.5) is 0 Å². The summed E-state index contributed by atoms with van der Waals surface area (Å²) in [7, 11) is 0. The number of piperidine rings is 1. The summed E-state index contributed by atoms with van der Waals surface area (Å²) >= 11 is 0. The van der Waals surface area contributed by atoms with Crippen LogP contribution in [-0.4, -0.2) is 56.7 Å². The smallest absolute Gasteiger partial charge is 0.224 e. The molecule has 2 atom stereocenters. The number of nitrogens with one attached hydrogen (secondary N) is 2. The molecule has 2 N–H and O–H groups in total. The van der Waals surface area contributed by atoms with E-state index in [-0.39, 0.29) is 17.9 Å². The zero-order valence-electron chi connectivity index (χ0n) is 13.8. The highest BCUT2D eigenvalue weighted by Crippen LogP contribution is 2.23. The average Bonchev–Trinajstić information content (AvgIpc) is 3.03. The van der Waals surface area contributed by atoms with Gasteiger partial charge in [-0.2, -0.15) is 0 Å². The molecule has 0 saturated carbocycles. The second-order valence-electron chi connectivity index (χ2n) is 6.40. The fourth-order valence-electron chi connectivity index (χ4n) is 3.35. The molecule has 0 aliphatic carbocycles. The lowest BCUT2D eigenvalue weighted by atomic mass is 9.98. The van der Waals surface area contributed by atoms with Gasteiger partial charge in [-0.1, -0.05) is 0 Å². The van der Waals surface area contributed by atoms with Crippen molar-refractivity contribution in [1.29, 1.82) is 0 Å². The highest BCUT2D eigenvalue weighted by molar-refractivity contribution is 5.79. The molecule has 2 unspecified atom stereocenters. The van der Waals surface area contributed by atoms with E-state index in [1.807, 2.05) is 19.1 Å². The zero-order valence-corrected chi connectivity index (χ0v) is 13.8. The van der Waals surface area contributed by atoms with Gasteiger partial charge in [-0.15, -0.1) is 0 Å². The number of hydrogen-bond donors (Lipinski definition) is 2. The van der Waals surface area contributed by atoms with E-state index in [0.717, 1.165) is 63.8 Å². The van der Waals surface area contributed by atoms with E-state index in [9.17, 15) is 4.79 Å². The lowest BCUT2D eigenvalue weighted by Gasteiger charge is -2.34. The fraction of sp³-hybridized carbons (Fsp3) is 0.706. The molecule has 1 aromatic rings. The van der Waals surface area contributed by atoms with Crippen molar-refractivity contribution >= 4 is 5.91 Å². The van der Waals surface area contributed by atoms with Crippen LogP contribution < -0.4 is 10.6 Å². The molecule has 0 spiro atoms. The van der Waals surface area contributed by atoms with E-state index < -0.39 is 0 Å². The van der Waals surface area contributed by atoms with Crippen LogP contribution in [0.5, 0.6) is 0 Å². The Morgan fingerprint density at radius 3 is 2.91 bits per heavy atom. The van der Waals surface area contributed by atoms with Crippen LogP contribution in [0.25, 0.3) is 0 Å². The molecule has 6 nitrogen and oxygen atoms in total. The first kappa shape index (κ1) is 16.5. The van der Waals surface area contributed by atoms with E-state index in [4.69, 9.17) is 9.15 Å². The third-order valence-corrected chi connectivity index (χ3v) is 4.71. The summed E-state index contributed by atoms with van der Waals surface area (Å²) in [5.74, 6) is 2.07. The highest BCUT2D eigenvalue weighted by atomic mass is 16.5. The van der Waals surface area contributed by atoms with Crippen LogP contribution in [0.15, 0.2) is 16.5 Å². The molecular weight excluding hydrogens is 294 g/mol. The number of carbonyl (C=O) groups excluding carboxylic acids is 1. The van der Waals surface area contributed by atoms with Crippen LogP contribution in [0.1, 0.15) is 30.4 Å². The summed E-state index contributed by atoms with van der Waals surface area (Å²) in [6.45, 7) is 7.54. The Hall–Kier alpha value is -1.37. The quantitative estimate of drug-likeness (QED) is 0.849. The number of amides is 1. The Bertz CT molecular complexity index is 505. The maximum atomic E-state index is 12.4. The third-order valence-electron chi connectivity index (χ3n) is 4.71. The second-order valence-corrected chi connectivity index (χ2v) is 6.40. The van der Waals surface area contributed by atoms with Gasteiger partial charge in [0.25, 0.3) is 0 Å². The number of ether oxygens (including phenoxy) is 1. The number of aryl methyl sites for hydroxylation is 1. The van der Waals surface area contributed by atoms with Gasteiger partial charge in [0.1, 0.15) is 11.5 Å². The maximum absolute atomic E-state index is 12.4. The van der Waals surface area contributed by atoms with Gasteiger partial charge >= 0.3 is 0 Å². The van der Waals surface area contributed by atoms with Crippen molar-refractivity contribution in [2.45, 2.75) is 25.8 Å². The number of morpholine rings is 1. The van der Waals surface area contributed by atoms with Gasteiger partial charge in [0.05, 0.1) is 25.2 Å². The molecule has 23 heavy (non-hydrogen) atoms. The molecule has 1 aromatic heterocycles. The first-order valence-electron chi connectivity index (χ1n) is 8.60. The van der Waals surface area contributed by atoms with Crippen molar-refractivity contribution in [2.75, 3.05) is 45.9 Å².